The van der Waals surface area contributed by atoms with Crippen LogP contribution in [-0.4, -0.2) is 92.2 Å². The van der Waals surface area contributed by atoms with Crippen molar-refractivity contribution in [1.82, 2.24) is 39.8 Å². The Bertz CT molecular complexity index is 1640. The van der Waals surface area contributed by atoms with Crippen LogP contribution in [0.25, 0.3) is 11.3 Å². The van der Waals surface area contributed by atoms with Gasteiger partial charge in [0.25, 0.3) is 0 Å². The van der Waals surface area contributed by atoms with E-state index in [1.54, 1.807) is 9.03 Å². The van der Waals surface area contributed by atoms with Crippen molar-refractivity contribution >= 4 is 40.7 Å². The highest BCUT2D eigenvalue weighted by atomic mass is 16.6. The molecule has 8 N–H and O–H groups in total. The molecule has 0 saturated carbocycles. The zero-order chi connectivity index (χ0) is 33.0. The fraction of sp³-hybridized carbons (Fsp3) is 0.581. The third-order valence-corrected chi connectivity index (χ3v) is 8.17. The summed E-state index contributed by atoms with van der Waals surface area (Å²) in [6, 6.07) is 4.33. The Morgan fingerprint density at radius 1 is 0.891 bits per heavy atom. The molecule has 1 amide bonds. The Hall–Kier alpha value is -4.37. The summed E-state index contributed by atoms with van der Waals surface area (Å²) in [7, 11) is 0. The van der Waals surface area contributed by atoms with Crippen LogP contribution in [0.3, 0.4) is 0 Å². The number of rotatable bonds is 8. The van der Waals surface area contributed by atoms with E-state index in [0.29, 0.717) is 30.8 Å². The van der Waals surface area contributed by atoms with Gasteiger partial charge >= 0.3 is 6.09 Å². The number of nitrogen functional groups attached to an aromatic ring is 2. The van der Waals surface area contributed by atoms with Crippen molar-refractivity contribution in [2.24, 2.45) is 5.73 Å². The predicted molar refractivity (Wildman–Crippen MR) is 181 cm³/mol. The van der Waals surface area contributed by atoms with Gasteiger partial charge < -0.3 is 42.4 Å². The number of nitrogens with zero attached hydrogens (tertiary/aromatic N) is 8. The van der Waals surface area contributed by atoms with Crippen molar-refractivity contribution in [3.63, 3.8) is 0 Å². The lowest BCUT2D eigenvalue weighted by Crippen LogP contribution is -2.40. The summed E-state index contributed by atoms with van der Waals surface area (Å²) in [6.45, 7) is 14.5. The summed E-state index contributed by atoms with van der Waals surface area (Å²) in [6.07, 6.45) is 7.06. The summed E-state index contributed by atoms with van der Waals surface area (Å²) in [4.78, 5) is 25.5. The van der Waals surface area contributed by atoms with Crippen LogP contribution in [0.2, 0.25) is 0 Å². The van der Waals surface area contributed by atoms with Crippen LogP contribution in [-0.2, 0) is 17.6 Å². The lowest BCUT2D eigenvalue weighted by Gasteiger charge is -2.20. The van der Waals surface area contributed by atoms with Crippen LogP contribution in [0.5, 0.6) is 0 Å². The minimum Gasteiger partial charge on any atom is -0.444 e. The van der Waals surface area contributed by atoms with Gasteiger partial charge in [-0.25, -0.2) is 14.8 Å². The van der Waals surface area contributed by atoms with Crippen molar-refractivity contribution in [3.8, 4) is 0 Å². The predicted octanol–water partition coefficient (Wildman–Crippen LogP) is 1.98. The monoisotopic (exact) mass is 635 g/mol. The molecule has 0 aliphatic carbocycles. The van der Waals surface area contributed by atoms with E-state index in [0.717, 1.165) is 85.9 Å². The first-order valence-electron chi connectivity index (χ1n) is 16.2. The highest BCUT2D eigenvalue weighted by molar-refractivity contribution is 5.67. The minimum atomic E-state index is -0.480. The van der Waals surface area contributed by atoms with Gasteiger partial charge in [-0.3, -0.25) is 0 Å². The smallest absolute Gasteiger partial charge is 0.407 e. The second-order valence-electron chi connectivity index (χ2n) is 12.9. The second-order valence-corrected chi connectivity index (χ2v) is 12.9. The normalized spacial score (nSPS) is 18.3. The van der Waals surface area contributed by atoms with Crippen LogP contribution in [0.1, 0.15) is 58.6 Å². The molecule has 15 heteroatoms. The number of nitrogens with two attached hydrogens (primary N) is 3. The molecule has 250 valence electrons. The maximum absolute atomic E-state index is 11.7. The maximum atomic E-state index is 11.7. The Morgan fingerprint density at radius 3 is 1.93 bits per heavy atom. The summed E-state index contributed by atoms with van der Waals surface area (Å²) < 4.78 is 8.61. The molecule has 6 heterocycles. The number of carbonyl (C=O) groups excluding carboxylic acids is 1. The van der Waals surface area contributed by atoms with Gasteiger partial charge in [-0.15, -0.1) is 0 Å². The number of carbonyl (C=O) groups is 1. The fourth-order valence-corrected chi connectivity index (χ4v) is 5.74. The van der Waals surface area contributed by atoms with Gasteiger partial charge in [0.15, 0.2) is 11.3 Å². The molecule has 46 heavy (non-hydrogen) atoms. The van der Waals surface area contributed by atoms with Gasteiger partial charge in [-0.2, -0.15) is 19.2 Å². The number of hydrogen-bond donors (Lipinski definition) is 5. The van der Waals surface area contributed by atoms with Crippen molar-refractivity contribution < 1.29 is 9.53 Å². The molecule has 0 radical (unpaired) electrons. The van der Waals surface area contributed by atoms with E-state index in [4.69, 9.17) is 26.9 Å². The number of nitrogens with one attached hydrogen (secondary N) is 2. The molecule has 4 aromatic heterocycles. The average molecular weight is 636 g/mol. The highest BCUT2D eigenvalue weighted by Gasteiger charge is 2.25. The van der Waals surface area contributed by atoms with Crippen molar-refractivity contribution in [2.75, 3.05) is 60.5 Å². The molecule has 2 aliphatic rings. The number of hydrogen-bond acceptors (Lipinski definition) is 12. The average Bonchev–Trinajstić information content (AvgIpc) is 3.81. The summed E-state index contributed by atoms with van der Waals surface area (Å²) in [5.41, 5.74) is 21.5. The zero-order valence-corrected chi connectivity index (χ0v) is 27.7. The quantitative estimate of drug-likeness (QED) is 0.177. The molecule has 2 saturated heterocycles. The molecular weight excluding hydrogens is 586 g/mol. The Labute approximate surface area is 269 Å². The SMILES string of the molecule is CCc1cnn2c(N)cc(N3CC[C@H](N)C3)nc12.CCc1cnn2c(N)cc(N3CC[C@H](NCCNC(=O)OC(C)(C)C)C3)nc12. The number of aryl methyl sites for hydroxylation is 2. The van der Waals surface area contributed by atoms with Crippen LogP contribution in [0.4, 0.5) is 28.1 Å². The Balaban J connectivity index is 0.000000198. The number of ether oxygens (including phenoxy) is 1. The molecule has 2 atom stereocenters. The van der Waals surface area contributed by atoms with Gasteiger partial charge in [0.2, 0.25) is 0 Å². The number of alkyl carbamates (subject to hydrolysis) is 1. The van der Waals surface area contributed by atoms with E-state index >= 15 is 0 Å². The van der Waals surface area contributed by atoms with E-state index in [2.05, 4.69) is 49.5 Å². The lowest BCUT2D eigenvalue weighted by atomic mass is 10.2. The highest BCUT2D eigenvalue weighted by Crippen LogP contribution is 2.24. The van der Waals surface area contributed by atoms with Crippen molar-refractivity contribution in [3.05, 3.63) is 35.7 Å². The first-order valence-corrected chi connectivity index (χ1v) is 16.2. The van der Waals surface area contributed by atoms with E-state index in [1.807, 2.05) is 45.3 Å². The van der Waals surface area contributed by atoms with E-state index in [9.17, 15) is 4.79 Å². The molecule has 2 fully saturated rings. The minimum absolute atomic E-state index is 0.236. The molecule has 4 aromatic rings. The van der Waals surface area contributed by atoms with Crippen LogP contribution in [0.15, 0.2) is 24.5 Å². The maximum Gasteiger partial charge on any atom is 0.407 e. The van der Waals surface area contributed by atoms with Crippen LogP contribution in [0, 0.1) is 0 Å². The molecule has 2 aliphatic heterocycles. The number of amides is 1. The van der Waals surface area contributed by atoms with Crippen LogP contribution < -0.4 is 37.6 Å². The lowest BCUT2D eigenvalue weighted by molar-refractivity contribution is 0.0528. The van der Waals surface area contributed by atoms with Gasteiger partial charge in [0.1, 0.15) is 28.9 Å². The summed E-state index contributed by atoms with van der Waals surface area (Å²) in [5.74, 6) is 3.01. The Morgan fingerprint density at radius 2 is 1.43 bits per heavy atom. The summed E-state index contributed by atoms with van der Waals surface area (Å²) in [5, 5.41) is 14.8. The van der Waals surface area contributed by atoms with Crippen LogP contribution >= 0.6 is 0 Å². The fourth-order valence-electron chi connectivity index (χ4n) is 5.74. The van der Waals surface area contributed by atoms with E-state index in [-0.39, 0.29) is 12.1 Å². The molecule has 6 rings (SSSR count). The molecule has 15 nitrogen and oxygen atoms in total. The van der Waals surface area contributed by atoms with E-state index in [1.165, 1.54) is 0 Å². The third kappa shape index (κ3) is 7.70. The van der Waals surface area contributed by atoms with Gasteiger partial charge in [-0.05, 0) is 46.5 Å². The van der Waals surface area contributed by atoms with Gasteiger partial charge in [-0.1, -0.05) is 13.8 Å². The topological polar surface area (TPSA) is 195 Å². The molecule has 0 unspecified atom stereocenters. The zero-order valence-electron chi connectivity index (χ0n) is 27.7. The van der Waals surface area contributed by atoms with Gasteiger partial charge in [0.05, 0.1) is 12.4 Å². The first kappa shape index (κ1) is 33.0. The largest absolute Gasteiger partial charge is 0.444 e. The van der Waals surface area contributed by atoms with Gasteiger partial charge in [0, 0.05) is 74.6 Å². The molecule has 0 aromatic carbocycles. The Kier molecular flexibility index (Phi) is 10.0. The summed E-state index contributed by atoms with van der Waals surface area (Å²) >= 11 is 0. The molecule has 0 spiro atoms. The number of aromatic nitrogens is 6. The molecule has 0 bridgehead atoms. The first-order chi connectivity index (χ1) is 22.0. The van der Waals surface area contributed by atoms with Crippen molar-refractivity contribution in [2.45, 2.75) is 78.0 Å². The standard InChI is InChI=1S/C19H31N7O2.C12H18N6/c1-5-13-11-23-26-15(20)10-16(24-17(13)26)25-9-6-14(12-25)21-7-8-22-18(27)28-19(2,3)4;1-2-8-6-15-18-10(14)5-11(16-12(8)18)17-4-3-9(13)7-17/h10-11,14,21H,5-9,12,20H2,1-4H3,(H,22,27);5-6,9H,2-4,7,13-14H2,1H3/t14-;9-/m00/s1. The molecular formula is C31H49N13O2. The number of anilines is 4. The third-order valence-electron chi connectivity index (χ3n) is 8.17. The second kappa shape index (κ2) is 14.0. The van der Waals surface area contributed by atoms with E-state index < -0.39 is 5.60 Å². The number of fused-ring (bicyclic) bond motifs is 2. The van der Waals surface area contributed by atoms with Crippen molar-refractivity contribution in [1.29, 1.82) is 0 Å².